The van der Waals surface area contributed by atoms with Gasteiger partial charge >= 0.3 is 0 Å². The van der Waals surface area contributed by atoms with E-state index in [1.807, 2.05) is 6.07 Å². The van der Waals surface area contributed by atoms with Gasteiger partial charge < -0.3 is 9.32 Å². The normalized spacial score (nSPS) is 15.9. The van der Waals surface area contributed by atoms with Gasteiger partial charge in [0.2, 0.25) is 5.91 Å². The van der Waals surface area contributed by atoms with Gasteiger partial charge in [-0.2, -0.15) is 5.10 Å². The molecule has 11 heteroatoms. The summed E-state index contributed by atoms with van der Waals surface area (Å²) in [5.41, 5.74) is -1.81. The highest BCUT2D eigenvalue weighted by Crippen LogP contribution is 2.34. The minimum Gasteiger partial charge on any atom is -0.468 e. The van der Waals surface area contributed by atoms with Crippen molar-refractivity contribution in [2.75, 3.05) is 26.2 Å². The Bertz CT molecular complexity index is 774. The van der Waals surface area contributed by atoms with E-state index in [1.165, 1.54) is 4.90 Å². The molecule has 2 aromatic heterocycles. The molecule has 3 rings (SSSR count). The Hall–Kier alpha value is -2.07. The minimum absolute atomic E-state index is 0.389. The van der Waals surface area contributed by atoms with Crippen LogP contribution in [0.1, 0.15) is 30.0 Å². The zero-order chi connectivity index (χ0) is 19.6. The number of furan rings is 1. The van der Waals surface area contributed by atoms with Gasteiger partial charge in [0.15, 0.2) is 0 Å². The second kappa shape index (κ2) is 8.30. The molecule has 148 valence electrons. The fraction of sp³-hybridized carbons (Fsp3) is 0.500. The first-order chi connectivity index (χ1) is 12.9. The van der Waals surface area contributed by atoms with Gasteiger partial charge in [-0.3, -0.25) is 14.4 Å². The zero-order valence-corrected chi connectivity index (χ0v) is 14.9. The van der Waals surface area contributed by atoms with Crippen LogP contribution in [0, 0.1) is 0 Å². The molecule has 2 aromatic rings. The molecule has 6 nitrogen and oxygen atoms in total. The van der Waals surface area contributed by atoms with Crippen LogP contribution in [0.3, 0.4) is 0 Å². The van der Waals surface area contributed by atoms with Crippen LogP contribution in [0.25, 0.3) is 0 Å². The predicted molar refractivity (Wildman–Crippen MR) is 87.7 cm³/mol. The van der Waals surface area contributed by atoms with Gasteiger partial charge in [-0.05, 0) is 12.1 Å². The molecule has 0 atom stereocenters. The van der Waals surface area contributed by atoms with Gasteiger partial charge in [-0.1, -0.05) is 11.6 Å². The maximum absolute atomic E-state index is 13.2. The van der Waals surface area contributed by atoms with Crippen molar-refractivity contribution in [3.05, 3.63) is 40.6 Å². The number of hydrogen-bond donors (Lipinski definition) is 0. The highest BCUT2D eigenvalue weighted by atomic mass is 35.5. The fourth-order valence-corrected chi connectivity index (χ4v) is 3.25. The lowest BCUT2D eigenvalue weighted by molar-refractivity contribution is -0.134. The molecular weight excluding hydrogens is 392 g/mol. The summed E-state index contributed by atoms with van der Waals surface area (Å²) in [6, 6.07) is 3.64. The molecule has 1 aliphatic rings. The van der Waals surface area contributed by atoms with Crippen molar-refractivity contribution in [3.8, 4) is 0 Å². The van der Waals surface area contributed by atoms with Gasteiger partial charge in [-0.15, -0.1) is 0 Å². The van der Waals surface area contributed by atoms with Crippen molar-refractivity contribution >= 4 is 17.5 Å². The number of nitrogens with zero attached hydrogens (tertiary/aromatic N) is 4. The number of aromatic nitrogens is 2. The van der Waals surface area contributed by atoms with Gasteiger partial charge in [0.25, 0.3) is 12.9 Å². The van der Waals surface area contributed by atoms with E-state index in [1.54, 1.807) is 12.3 Å². The zero-order valence-electron chi connectivity index (χ0n) is 14.1. The highest BCUT2D eigenvalue weighted by molar-refractivity contribution is 6.32. The first-order valence-electron chi connectivity index (χ1n) is 8.21. The van der Waals surface area contributed by atoms with E-state index in [2.05, 4.69) is 10.00 Å². The summed E-state index contributed by atoms with van der Waals surface area (Å²) in [6.07, 6.45) is -4.63. The summed E-state index contributed by atoms with van der Waals surface area (Å²) in [7, 11) is 0. The highest BCUT2D eigenvalue weighted by Gasteiger charge is 2.30. The second-order valence-corrected chi connectivity index (χ2v) is 6.46. The molecule has 0 aromatic carbocycles. The van der Waals surface area contributed by atoms with Crippen molar-refractivity contribution in [3.63, 3.8) is 0 Å². The number of carbonyl (C=O) groups excluding carboxylic acids is 1. The first kappa shape index (κ1) is 19.7. The minimum atomic E-state index is -3.12. The molecular formula is C16H17ClF4N4O2. The van der Waals surface area contributed by atoms with Gasteiger partial charge in [0.05, 0.1) is 17.8 Å². The molecule has 0 radical (unpaired) electrons. The summed E-state index contributed by atoms with van der Waals surface area (Å²) in [5, 5.41) is 2.62. The van der Waals surface area contributed by atoms with Crippen LogP contribution in [0.4, 0.5) is 17.6 Å². The Kier molecular flexibility index (Phi) is 6.05. The quantitative estimate of drug-likeness (QED) is 0.688. The van der Waals surface area contributed by atoms with E-state index in [0.29, 0.717) is 37.4 Å². The lowest BCUT2D eigenvalue weighted by Gasteiger charge is -2.34. The van der Waals surface area contributed by atoms with Gasteiger partial charge in [-0.25, -0.2) is 17.6 Å². The number of rotatable bonds is 6. The Balaban J connectivity index is 1.62. The summed E-state index contributed by atoms with van der Waals surface area (Å²) in [5.74, 6) is 0.330. The molecule has 0 bridgehead atoms. The van der Waals surface area contributed by atoms with Crippen molar-refractivity contribution in [2.45, 2.75) is 25.9 Å². The van der Waals surface area contributed by atoms with E-state index < -0.39 is 41.7 Å². The summed E-state index contributed by atoms with van der Waals surface area (Å²) >= 11 is 5.59. The fourth-order valence-electron chi connectivity index (χ4n) is 2.95. The Morgan fingerprint density at radius 2 is 1.89 bits per heavy atom. The van der Waals surface area contributed by atoms with Crippen molar-refractivity contribution in [1.29, 1.82) is 0 Å². The van der Waals surface area contributed by atoms with Gasteiger partial charge in [0.1, 0.15) is 23.7 Å². The molecule has 0 N–H and O–H groups in total. The molecule has 3 heterocycles. The summed E-state index contributed by atoms with van der Waals surface area (Å²) in [6.45, 7) is 1.98. The standard InChI is InChI=1S/C16H17ClF4N4O2/c17-12-13(15(18)19)22-25(14(12)16(20)21)9-11(26)24-5-3-23(4-6-24)8-10-2-1-7-27-10/h1-2,7,15-16H,3-6,8-9H2. The van der Waals surface area contributed by atoms with Crippen LogP contribution in [0.5, 0.6) is 0 Å². The number of alkyl halides is 4. The van der Waals surface area contributed by atoms with E-state index in [4.69, 9.17) is 16.0 Å². The second-order valence-electron chi connectivity index (χ2n) is 6.08. The monoisotopic (exact) mass is 408 g/mol. The third-order valence-corrected chi connectivity index (χ3v) is 4.73. The molecule has 0 spiro atoms. The molecule has 0 aliphatic carbocycles. The maximum atomic E-state index is 13.2. The van der Waals surface area contributed by atoms with Crippen LogP contribution in [-0.4, -0.2) is 51.7 Å². The van der Waals surface area contributed by atoms with Crippen LogP contribution in [-0.2, 0) is 17.9 Å². The van der Waals surface area contributed by atoms with Crippen LogP contribution in [0.15, 0.2) is 22.8 Å². The van der Waals surface area contributed by atoms with E-state index in [-0.39, 0.29) is 0 Å². The lowest BCUT2D eigenvalue weighted by atomic mass is 10.3. The van der Waals surface area contributed by atoms with E-state index in [0.717, 1.165) is 5.76 Å². The van der Waals surface area contributed by atoms with Gasteiger partial charge in [0, 0.05) is 26.2 Å². The molecule has 27 heavy (non-hydrogen) atoms. The summed E-state index contributed by atoms with van der Waals surface area (Å²) < 4.78 is 57.9. The first-order valence-corrected chi connectivity index (χ1v) is 8.59. The maximum Gasteiger partial charge on any atom is 0.283 e. The number of piperazine rings is 1. The number of halogens is 5. The smallest absolute Gasteiger partial charge is 0.283 e. The Morgan fingerprint density at radius 1 is 1.19 bits per heavy atom. The lowest BCUT2D eigenvalue weighted by Crippen LogP contribution is -2.49. The topological polar surface area (TPSA) is 54.5 Å². The molecule has 0 saturated carbocycles. The largest absolute Gasteiger partial charge is 0.468 e. The average Bonchev–Trinajstić information content (AvgIpc) is 3.23. The van der Waals surface area contributed by atoms with Crippen LogP contribution >= 0.6 is 11.6 Å². The average molecular weight is 409 g/mol. The number of amides is 1. The molecule has 1 aliphatic heterocycles. The van der Waals surface area contributed by atoms with Crippen molar-refractivity contribution < 1.29 is 26.8 Å². The van der Waals surface area contributed by atoms with Crippen molar-refractivity contribution in [2.24, 2.45) is 0 Å². The van der Waals surface area contributed by atoms with Crippen LogP contribution in [0.2, 0.25) is 5.02 Å². The third kappa shape index (κ3) is 4.44. The summed E-state index contributed by atoms with van der Waals surface area (Å²) in [4.78, 5) is 16.0. The number of carbonyl (C=O) groups is 1. The van der Waals surface area contributed by atoms with Crippen molar-refractivity contribution in [1.82, 2.24) is 19.6 Å². The molecule has 1 amide bonds. The van der Waals surface area contributed by atoms with E-state index in [9.17, 15) is 22.4 Å². The molecule has 1 saturated heterocycles. The van der Waals surface area contributed by atoms with Crippen LogP contribution < -0.4 is 0 Å². The number of hydrogen-bond acceptors (Lipinski definition) is 4. The molecule has 0 unspecified atom stereocenters. The molecule has 1 fully saturated rings. The van der Waals surface area contributed by atoms with E-state index >= 15 is 0 Å². The third-order valence-electron chi connectivity index (χ3n) is 4.34. The predicted octanol–water partition coefficient (Wildman–Crippen LogP) is 3.35. The Morgan fingerprint density at radius 3 is 2.44 bits per heavy atom. The Labute approximate surface area is 157 Å². The SMILES string of the molecule is O=C(Cn1nc(C(F)F)c(Cl)c1C(F)F)N1CCN(Cc2ccco2)CC1.